The third-order valence-corrected chi connectivity index (χ3v) is 2.70. The summed E-state index contributed by atoms with van der Waals surface area (Å²) in [5, 5.41) is 6.82. The Kier molecular flexibility index (Phi) is 2.60. The third kappa shape index (κ3) is 2.11. The Bertz CT molecular complexity index is 732. The molecule has 6 heteroatoms. The maximum absolute atomic E-state index is 12.1. The molecule has 3 rings (SSSR count). The lowest BCUT2D eigenvalue weighted by Crippen LogP contribution is -2.12. The quantitative estimate of drug-likeness (QED) is 0.725. The first-order valence-corrected chi connectivity index (χ1v) is 5.69. The molecule has 0 spiro atoms. The summed E-state index contributed by atoms with van der Waals surface area (Å²) in [5.41, 5.74) is 7.33. The third-order valence-electron chi connectivity index (χ3n) is 2.70. The van der Waals surface area contributed by atoms with Crippen LogP contribution < -0.4 is 11.1 Å². The number of fused-ring (bicyclic) bond motifs is 1. The molecular formula is C13H11N5O. The van der Waals surface area contributed by atoms with Gasteiger partial charge in [0.15, 0.2) is 0 Å². The molecule has 0 aliphatic carbocycles. The highest BCUT2D eigenvalue weighted by Crippen LogP contribution is 2.13. The number of nitrogen functional groups attached to an aromatic ring is 1. The molecule has 0 aliphatic heterocycles. The molecule has 0 fully saturated rings. The number of anilines is 2. The van der Waals surface area contributed by atoms with E-state index in [9.17, 15) is 4.79 Å². The lowest BCUT2D eigenvalue weighted by molar-refractivity contribution is 0.102. The van der Waals surface area contributed by atoms with Crippen LogP contribution in [0.5, 0.6) is 0 Å². The molecule has 0 atom stereocenters. The van der Waals surface area contributed by atoms with E-state index in [1.807, 2.05) is 18.2 Å². The topological polar surface area (TPSA) is 85.3 Å². The van der Waals surface area contributed by atoms with Crippen LogP contribution in [0.2, 0.25) is 0 Å². The van der Waals surface area contributed by atoms with E-state index < -0.39 is 0 Å². The van der Waals surface area contributed by atoms with Gasteiger partial charge in [-0.25, -0.2) is 9.50 Å². The van der Waals surface area contributed by atoms with Crippen molar-refractivity contribution in [3.05, 3.63) is 54.5 Å². The Morgan fingerprint density at radius 2 is 2.11 bits per heavy atom. The average Bonchev–Trinajstić information content (AvgIpc) is 2.85. The van der Waals surface area contributed by atoms with E-state index in [1.54, 1.807) is 22.8 Å². The molecule has 3 aromatic heterocycles. The van der Waals surface area contributed by atoms with Gasteiger partial charge < -0.3 is 11.1 Å². The molecule has 94 valence electrons. The van der Waals surface area contributed by atoms with Crippen LogP contribution in [0.1, 0.15) is 10.4 Å². The number of carbonyl (C=O) groups is 1. The molecule has 0 radical (unpaired) electrons. The maximum atomic E-state index is 12.1. The smallest absolute Gasteiger partial charge is 0.260 e. The molecule has 3 heterocycles. The SMILES string of the molecule is Nc1ccc(NC(=O)c2cnn3ccccc23)nc1. The summed E-state index contributed by atoms with van der Waals surface area (Å²) in [6, 6.07) is 8.87. The number of hydrogen-bond donors (Lipinski definition) is 2. The van der Waals surface area contributed by atoms with Gasteiger partial charge in [-0.05, 0) is 24.3 Å². The Hall–Kier alpha value is -2.89. The zero-order chi connectivity index (χ0) is 13.2. The summed E-state index contributed by atoms with van der Waals surface area (Å²) < 4.78 is 1.64. The van der Waals surface area contributed by atoms with E-state index >= 15 is 0 Å². The van der Waals surface area contributed by atoms with Crippen molar-refractivity contribution >= 4 is 22.9 Å². The van der Waals surface area contributed by atoms with Crippen molar-refractivity contribution in [2.24, 2.45) is 0 Å². The van der Waals surface area contributed by atoms with Crippen molar-refractivity contribution in [3.63, 3.8) is 0 Å². The summed E-state index contributed by atoms with van der Waals surface area (Å²) >= 11 is 0. The van der Waals surface area contributed by atoms with E-state index in [-0.39, 0.29) is 5.91 Å². The minimum Gasteiger partial charge on any atom is -0.397 e. The van der Waals surface area contributed by atoms with Crippen molar-refractivity contribution in [1.29, 1.82) is 0 Å². The van der Waals surface area contributed by atoms with Gasteiger partial charge in [0.1, 0.15) is 5.82 Å². The normalized spacial score (nSPS) is 10.5. The number of nitrogens with zero attached hydrogens (tertiary/aromatic N) is 3. The van der Waals surface area contributed by atoms with Crippen molar-refractivity contribution in [2.75, 3.05) is 11.1 Å². The van der Waals surface area contributed by atoms with Crippen LogP contribution in [0.4, 0.5) is 11.5 Å². The number of carbonyl (C=O) groups excluding carboxylic acids is 1. The van der Waals surface area contributed by atoms with Crippen LogP contribution in [0, 0.1) is 0 Å². The summed E-state index contributed by atoms with van der Waals surface area (Å²) in [5.74, 6) is 0.202. The number of rotatable bonds is 2. The molecule has 3 aromatic rings. The first-order chi connectivity index (χ1) is 9.24. The van der Waals surface area contributed by atoms with Crippen molar-refractivity contribution in [2.45, 2.75) is 0 Å². The fourth-order valence-electron chi connectivity index (χ4n) is 1.77. The first kappa shape index (κ1) is 11.2. The predicted molar refractivity (Wildman–Crippen MR) is 71.8 cm³/mol. The van der Waals surface area contributed by atoms with Crippen LogP contribution in [-0.2, 0) is 0 Å². The van der Waals surface area contributed by atoms with Gasteiger partial charge in [-0.1, -0.05) is 6.07 Å². The van der Waals surface area contributed by atoms with Crippen LogP contribution in [0.3, 0.4) is 0 Å². The molecule has 1 amide bonds. The minimum atomic E-state index is -0.251. The van der Waals surface area contributed by atoms with Crippen molar-refractivity contribution < 1.29 is 4.79 Å². The number of nitrogens with one attached hydrogen (secondary N) is 1. The van der Waals surface area contributed by atoms with Crippen LogP contribution in [0.25, 0.3) is 5.52 Å². The highest BCUT2D eigenvalue weighted by atomic mass is 16.1. The molecule has 3 N–H and O–H groups in total. The Labute approximate surface area is 108 Å². The molecular weight excluding hydrogens is 242 g/mol. The van der Waals surface area contributed by atoms with Gasteiger partial charge >= 0.3 is 0 Å². The number of aromatic nitrogens is 3. The fraction of sp³-hybridized carbons (Fsp3) is 0. The number of nitrogens with two attached hydrogens (primary N) is 1. The second-order valence-corrected chi connectivity index (χ2v) is 4.02. The predicted octanol–water partition coefficient (Wildman–Crippen LogP) is 1.56. The fourth-order valence-corrected chi connectivity index (χ4v) is 1.77. The summed E-state index contributed by atoms with van der Waals surface area (Å²) in [4.78, 5) is 16.2. The van der Waals surface area contributed by atoms with Gasteiger partial charge in [0, 0.05) is 6.20 Å². The Morgan fingerprint density at radius 3 is 2.89 bits per heavy atom. The first-order valence-electron chi connectivity index (χ1n) is 5.69. The van der Waals surface area contributed by atoms with E-state index in [0.29, 0.717) is 17.1 Å². The standard InChI is InChI=1S/C13H11N5O/c14-9-4-5-12(15-7-9)17-13(19)10-8-16-18-6-2-1-3-11(10)18/h1-8H,14H2,(H,15,17,19). The van der Waals surface area contributed by atoms with Gasteiger partial charge in [0.25, 0.3) is 5.91 Å². The molecule has 19 heavy (non-hydrogen) atoms. The second-order valence-electron chi connectivity index (χ2n) is 4.02. The molecule has 0 bridgehead atoms. The van der Waals surface area contributed by atoms with Gasteiger partial charge in [-0.2, -0.15) is 5.10 Å². The summed E-state index contributed by atoms with van der Waals surface area (Å²) in [7, 11) is 0. The van der Waals surface area contributed by atoms with Gasteiger partial charge in [0.05, 0.1) is 29.2 Å². The molecule has 0 saturated heterocycles. The number of hydrogen-bond acceptors (Lipinski definition) is 4. The van der Waals surface area contributed by atoms with E-state index in [0.717, 1.165) is 5.52 Å². The zero-order valence-electron chi connectivity index (χ0n) is 9.95. The summed E-state index contributed by atoms with van der Waals surface area (Å²) in [6.45, 7) is 0. The molecule has 0 saturated carbocycles. The van der Waals surface area contributed by atoms with Crippen molar-refractivity contribution in [3.8, 4) is 0 Å². The molecule has 6 nitrogen and oxygen atoms in total. The zero-order valence-corrected chi connectivity index (χ0v) is 9.95. The minimum absolute atomic E-state index is 0.251. The van der Waals surface area contributed by atoms with E-state index in [1.165, 1.54) is 12.4 Å². The van der Waals surface area contributed by atoms with Gasteiger partial charge in [-0.15, -0.1) is 0 Å². The van der Waals surface area contributed by atoms with E-state index in [4.69, 9.17) is 5.73 Å². The lowest BCUT2D eigenvalue weighted by atomic mass is 10.2. The Balaban J connectivity index is 1.90. The number of pyridine rings is 2. The molecule has 0 aromatic carbocycles. The summed E-state index contributed by atoms with van der Waals surface area (Å²) in [6.07, 6.45) is 4.81. The molecule has 0 aliphatic rings. The highest BCUT2D eigenvalue weighted by Gasteiger charge is 2.12. The Morgan fingerprint density at radius 1 is 1.21 bits per heavy atom. The van der Waals surface area contributed by atoms with Gasteiger partial charge in [-0.3, -0.25) is 4.79 Å². The average molecular weight is 253 g/mol. The number of amides is 1. The van der Waals surface area contributed by atoms with Crippen molar-refractivity contribution in [1.82, 2.24) is 14.6 Å². The highest BCUT2D eigenvalue weighted by molar-refractivity contribution is 6.08. The monoisotopic (exact) mass is 253 g/mol. The lowest BCUT2D eigenvalue weighted by Gasteiger charge is -2.03. The van der Waals surface area contributed by atoms with Crippen LogP contribution >= 0.6 is 0 Å². The largest absolute Gasteiger partial charge is 0.397 e. The van der Waals surface area contributed by atoms with Crippen LogP contribution in [-0.4, -0.2) is 20.5 Å². The van der Waals surface area contributed by atoms with Gasteiger partial charge in [0.2, 0.25) is 0 Å². The van der Waals surface area contributed by atoms with Crippen LogP contribution in [0.15, 0.2) is 48.9 Å². The van der Waals surface area contributed by atoms with E-state index in [2.05, 4.69) is 15.4 Å². The maximum Gasteiger partial charge on any atom is 0.260 e. The second kappa shape index (κ2) is 4.41. The molecule has 0 unspecified atom stereocenters.